The van der Waals surface area contributed by atoms with Crippen molar-refractivity contribution in [3.8, 4) is 5.19 Å². The third-order valence-electron chi connectivity index (χ3n) is 1.30. The van der Waals surface area contributed by atoms with E-state index in [2.05, 4.69) is 20.9 Å². The topological polar surface area (TPSA) is 31.4 Å². The molecule has 14 heavy (non-hydrogen) atoms. The maximum Gasteiger partial charge on any atom is 0.274 e. The molecule has 0 fully saturated rings. The van der Waals surface area contributed by atoms with Crippen LogP contribution in [-0.2, 0) is 4.74 Å². The van der Waals surface area contributed by atoms with Crippen LogP contribution in [-0.4, -0.2) is 23.8 Å². The molecule has 0 spiro atoms. The lowest BCUT2D eigenvalue weighted by atomic mass is 10.2. The van der Waals surface area contributed by atoms with E-state index in [1.807, 2.05) is 26.2 Å². The normalized spacial score (nSPS) is 11.7. The van der Waals surface area contributed by atoms with Crippen LogP contribution in [0.3, 0.4) is 0 Å². The fourth-order valence-electron chi connectivity index (χ4n) is 0.782. The third kappa shape index (κ3) is 4.93. The lowest BCUT2D eigenvalue weighted by molar-refractivity contribution is -0.0163. The van der Waals surface area contributed by atoms with E-state index in [4.69, 9.17) is 9.47 Å². The number of nitrogens with zero attached hydrogens (tertiary/aromatic N) is 1. The monoisotopic (exact) mass is 279 g/mol. The van der Waals surface area contributed by atoms with Gasteiger partial charge in [0, 0.05) is 5.38 Å². The molecule has 1 heterocycles. The molecule has 0 saturated heterocycles. The molecule has 0 aliphatic carbocycles. The summed E-state index contributed by atoms with van der Waals surface area (Å²) in [5.41, 5.74) is -0.104. The first kappa shape index (κ1) is 11.9. The van der Waals surface area contributed by atoms with Crippen LogP contribution in [0.1, 0.15) is 20.8 Å². The van der Waals surface area contributed by atoms with Gasteiger partial charge in [-0.2, -0.15) is 4.98 Å². The summed E-state index contributed by atoms with van der Waals surface area (Å²) in [5, 5.41) is 2.56. The molecule has 0 atom stereocenters. The zero-order valence-corrected chi connectivity index (χ0v) is 10.9. The molecule has 0 unspecified atom stereocenters. The van der Waals surface area contributed by atoms with Gasteiger partial charge >= 0.3 is 0 Å². The second-order valence-electron chi connectivity index (χ2n) is 3.75. The fourth-order valence-corrected chi connectivity index (χ4v) is 1.89. The van der Waals surface area contributed by atoms with Crippen LogP contribution in [0.25, 0.3) is 0 Å². The summed E-state index contributed by atoms with van der Waals surface area (Å²) < 4.78 is 11.7. The summed E-state index contributed by atoms with van der Waals surface area (Å²) in [6.45, 7) is 7.19. The van der Waals surface area contributed by atoms with Crippen molar-refractivity contribution >= 4 is 27.3 Å². The molecule has 0 N–H and O–H groups in total. The maximum atomic E-state index is 5.50. The average molecular weight is 280 g/mol. The number of hydrogen-bond acceptors (Lipinski definition) is 4. The molecular weight excluding hydrogens is 266 g/mol. The molecule has 5 heteroatoms. The average Bonchev–Trinajstić information content (AvgIpc) is 2.44. The van der Waals surface area contributed by atoms with Crippen LogP contribution in [0.4, 0.5) is 0 Å². The highest BCUT2D eigenvalue weighted by molar-refractivity contribution is 9.10. The van der Waals surface area contributed by atoms with Crippen LogP contribution in [0.2, 0.25) is 0 Å². The Bertz CT molecular complexity index is 283. The largest absolute Gasteiger partial charge is 0.468 e. The molecule has 0 bridgehead atoms. The number of ether oxygens (including phenoxy) is 2. The van der Waals surface area contributed by atoms with E-state index < -0.39 is 0 Å². The first-order valence-electron chi connectivity index (χ1n) is 4.35. The zero-order chi connectivity index (χ0) is 10.6. The van der Waals surface area contributed by atoms with E-state index in [0.29, 0.717) is 18.4 Å². The Kier molecular flexibility index (Phi) is 4.34. The predicted octanol–water partition coefficient (Wildman–Crippen LogP) is 3.10. The minimum Gasteiger partial charge on any atom is -0.468 e. The number of halogens is 1. The van der Waals surface area contributed by atoms with Gasteiger partial charge in [-0.1, -0.05) is 11.3 Å². The summed E-state index contributed by atoms with van der Waals surface area (Å²) in [6, 6.07) is 0. The van der Waals surface area contributed by atoms with E-state index in [0.717, 1.165) is 4.60 Å². The highest BCUT2D eigenvalue weighted by Gasteiger charge is 2.09. The van der Waals surface area contributed by atoms with Gasteiger partial charge < -0.3 is 9.47 Å². The molecular formula is C9H14BrNO2S. The molecule has 0 aliphatic rings. The molecule has 0 aliphatic heterocycles. The molecule has 80 valence electrons. The quantitative estimate of drug-likeness (QED) is 0.794. The van der Waals surface area contributed by atoms with Crippen LogP contribution in [0.5, 0.6) is 5.19 Å². The van der Waals surface area contributed by atoms with Crippen LogP contribution >= 0.6 is 27.3 Å². The first-order chi connectivity index (χ1) is 6.47. The summed E-state index contributed by atoms with van der Waals surface area (Å²) in [5.74, 6) is 0. The van der Waals surface area contributed by atoms with Gasteiger partial charge in [0.15, 0.2) is 0 Å². The number of aromatic nitrogens is 1. The van der Waals surface area contributed by atoms with Crippen molar-refractivity contribution in [1.29, 1.82) is 0 Å². The van der Waals surface area contributed by atoms with Crippen LogP contribution < -0.4 is 4.74 Å². The van der Waals surface area contributed by atoms with Crippen molar-refractivity contribution in [2.24, 2.45) is 0 Å². The van der Waals surface area contributed by atoms with Gasteiger partial charge in [-0.3, -0.25) is 0 Å². The molecule has 0 saturated carbocycles. The summed E-state index contributed by atoms with van der Waals surface area (Å²) in [6.07, 6.45) is 0. The molecule has 0 aromatic carbocycles. The highest BCUT2D eigenvalue weighted by Crippen LogP contribution is 2.21. The lowest BCUT2D eigenvalue weighted by Gasteiger charge is -2.19. The Hall–Kier alpha value is -0.130. The Morgan fingerprint density at radius 3 is 2.64 bits per heavy atom. The van der Waals surface area contributed by atoms with E-state index in [9.17, 15) is 0 Å². The van der Waals surface area contributed by atoms with Gasteiger partial charge in [0.05, 0.1) is 12.2 Å². The zero-order valence-electron chi connectivity index (χ0n) is 8.54. The van der Waals surface area contributed by atoms with Crippen molar-refractivity contribution in [2.45, 2.75) is 26.4 Å². The number of thiazole rings is 1. The molecule has 0 amide bonds. The van der Waals surface area contributed by atoms with Crippen molar-refractivity contribution in [3.63, 3.8) is 0 Å². The second-order valence-corrected chi connectivity index (χ2v) is 5.38. The molecule has 1 aromatic heterocycles. The fraction of sp³-hybridized carbons (Fsp3) is 0.667. The van der Waals surface area contributed by atoms with Gasteiger partial charge in [0.1, 0.15) is 11.2 Å². The lowest BCUT2D eigenvalue weighted by Crippen LogP contribution is -2.22. The Labute approximate surface area is 96.6 Å². The molecule has 1 rings (SSSR count). The standard InChI is InChI=1S/C9H14BrNO2S/c1-9(2,3)13-5-4-12-8-11-7(10)6-14-8/h6H,4-5H2,1-3H3. The summed E-state index contributed by atoms with van der Waals surface area (Å²) in [4.78, 5) is 4.10. The van der Waals surface area contributed by atoms with E-state index in [-0.39, 0.29) is 5.60 Å². The van der Waals surface area contributed by atoms with Gasteiger partial charge in [0.2, 0.25) is 0 Å². The smallest absolute Gasteiger partial charge is 0.274 e. The Balaban J connectivity index is 2.16. The van der Waals surface area contributed by atoms with E-state index >= 15 is 0 Å². The molecule has 1 aromatic rings. The van der Waals surface area contributed by atoms with E-state index in [1.165, 1.54) is 11.3 Å². The second kappa shape index (κ2) is 5.09. The van der Waals surface area contributed by atoms with Gasteiger partial charge in [-0.15, -0.1) is 0 Å². The first-order valence-corrected chi connectivity index (χ1v) is 6.02. The predicted molar refractivity (Wildman–Crippen MR) is 61.0 cm³/mol. The Morgan fingerprint density at radius 1 is 1.43 bits per heavy atom. The van der Waals surface area contributed by atoms with E-state index in [1.54, 1.807) is 0 Å². The minimum absolute atomic E-state index is 0.104. The van der Waals surface area contributed by atoms with Crippen LogP contribution in [0, 0.1) is 0 Å². The SMILES string of the molecule is CC(C)(C)OCCOc1nc(Br)cs1. The van der Waals surface area contributed by atoms with Crippen LogP contribution in [0.15, 0.2) is 9.98 Å². The number of hydrogen-bond donors (Lipinski definition) is 0. The third-order valence-corrected chi connectivity index (χ3v) is 2.76. The molecule has 3 nitrogen and oxygen atoms in total. The van der Waals surface area contributed by atoms with Crippen molar-refractivity contribution in [3.05, 3.63) is 9.98 Å². The molecule has 0 radical (unpaired) electrons. The number of rotatable bonds is 4. The maximum absolute atomic E-state index is 5.50. The summed E-state index contributed by atoms with van der Waals surface area (Å²) in [7, 11) is 0. The van der Waals surface area contributed by atoms with Gasteiger partial charge in [-0.25, -0.2) is 0 Å². The van der Waals surface area contributed by atoms with Gasteiger partial charge in [0.25, 0.3) is 5.19 Å². The van der Waals surface area contributed by atoms with Crippen molar-refractivity contribution in [1.82, 2.24) is 4.98 Å². The minimum atomic E-state index is -0.104. The van der Waals surface area contributed by atoms with Crippen molar-refractivity contribution < 1.29 is 9.47 Å². The Morgan fingerprint density at radius 2 is 2.14 bits per heavy atom. The van der Waals surface area contributed by atoms with Gasteiger partial charge in [-0.05, 0) is 36.7 Å². The highest BCUT2D eigenvalue weighted by atomic mass is 79.9. The summed E-state index contributed by atoms with van der Waals surface area (Å²) >= 11 is 4.73. The van der Waals surface area contributed by atoms with Crippen molar-refractivity contribution in [2.75, 3.05) is 13.2 Å².